The Kier molecular flexibility index (Phi) is 20.3. The predicted molar refractivity (Wildman–Crippen MR) is 201 cm³/mol. The van der Waals surface area contributed by atoms with Gasteiger partial charge in [-0.2, -0.15) is 39.5 Å². The molecule has 0 spiro atoms. The van der Waals surface area contributed by atoms with Gasteiger partial charge in [0.05, 0.1) is 36.0 Å². The largest absolute Gasteiger partial charge is 0.490 e. The SMILES string of the molecule is CCOc1cc2ncc(C(N)=O)c(Nc3cccc(CNC(=O)[C@@H](N)Cc4ccccn4)c3CC)c2cc1OCC.O=C(O)C(F)(F)F.O=C(O)C(F)(F)F.O=C(O)C(F)(F)F. The summed E-state index contributed by atoms with van der Waals surface area (Å²) >= 11 is 0. The number of hydrogen-bond acceptors (Lipinski definition) is 11. The summed E-state index contributed by atoms with van der Waals surface area (Å²) < 4.78 is 107. The Labute approximate surface area is 345 Å². The molecule has 2 aromatic heterocycles. The average Bonchev–Trinajstić information content (AvgIpc) is 3.17. The zero-order valence-corrected chi connectivity index (χ0v) is 32.5. The monoisotopic (exact) mass is 898 g/mol. The average molecular weight is 899 g/mol. The number of ether oxygens (including phenoxy) is 2. The van der Waals surface area contributed by atoms with E-state index in [9.17, 15) is 49.1 Å². The molecule has 25 heteroatoms. The quantitative estimate of drug-likeness (QED) is 0.0769. The number of carbonyl (C=O) groups is 5. The van der Waals surface area contributed by atoms with Gasteiger partial charge in [0.2, 0.25) is 5.91 Å². The van der Waals surface area contributed by atoms with Gasteiger partial charge in [0.1, 0.15) is 0 Å². The van der Waals surface area contributed by atoms with Crippen LogP contribution in [0.4, 0.5) is 50.9 Å². The Morgan fingerprint density at radius 3 is 1.71 bits per heavy atom. The number of nitrogens with one attached hydrogen (secondary N) is 2. The molecule has 4 aromatic rings. The van der Waals surface area contributed by atoms with Crippen LogP contribution in [0.3, 0.4) is 0 Å². The first-order valence-electron chi connectivity index (χ1n) is 17.4. The molecule has 0 unspecified atom stereocenters. The van der Waals surface area contributed by atoms with E-state index in [1.807, 2.05) is 63.2 Å². The van der Waals surface area contributed by atoms with Crippen LogP contribution >= 0.6 is 0 Å². The molecule has 0 saturated carbocycles. The van der Waals surface area contributed by atoms with Crippen molar-refractivity contribution in [2.75, 3.05) is 18.5 Å². The van der Waals surface area contributed by atoms with Crippen LogP contribution in [0, 0.1) is 0 Å². The summed E-state index contributed by atoms with van der Waals surface area (Å²) in [7, 11) is 0. The highest BCUT2D eigenvalue weighted by atomic mass is 19.4. The summed E-state index contributed by atoms with van der Waals surface area (Å²) in [4.78, 5) is 60.6. The second-order valence-electron chi connectivity index (χ2n) is 11.8. The third-order valence-corrected chi connectivity index (χ3v) is 7.36. The molecule has 16 nitrogen and oxygen atoms in total. The minimum Gasteiger partial charge on any atom is -0.490 e. The Morgan fingerprint density at radius 2 is 1.27 bits per heavy atom. The van der Waals surface area contributed by atoms with Gasteiger partial charge in [0.25, 0.3) is 5.91 Å². The van der Waals surface area contributed by atoms with Crippen molar-refractivity contribution < 1.29 is 88.3 Å². The molecule has 0 aliphatic heterocycles. The number of primary amides is 1. The summed E-state index contributed by atoms with van der Waals surface area (Å²) in [6.45, 7) is 7.01. The molecule has 0 radical (unpaired) electrons. The maximum atomic E-state index is 12.8. The van der Waals surface area contributed by atoms with Gasteiger partial charge in [-0.25, -0.2) is 14.4 Å². The van der Waals surface area contributed by atoms with Crippen molar-refractivity contribution in [2.24, 2.45) is 11.5 Å². The standard InChI is InChI=1S/C31H36N6O4.3C2HF3O2/c1-4-21-19(17-36-31(39)24(32)14-20-11-7-8-13-34-20)10-9-12-25(21)37-29-22-15-27(40-5-2)28(41-6-3)16-26(22)35-18-23(29)30(33)38;3*3-2(4,5)1(6)7/h7-13,15-16,18,24H,4-6,14,17,32H2,1-3H3,(H2,33,38)(H,35,37)(H,36,39);3*(H,6,7)/t24-;;;/m0.../s1. The number of carboxylic acids is 3. The van der Waals surface area contributed by atoms with E-state index < -0.39 is 48.4 Å². The van der Waals surface area contributed by atoms with E-state index >= 15 is 0 Å². The third kappa shape index (κ3) is 17.4. The van der Waals surface area contributed by atoms with E-state index in [2.05, 4.69) is 20.6 Å². The lowest BCUT2D eigenvalue weighted by Gasteiger charge is -2.20. The van der Waals surface area contributed by atoms with E-state index in [1.54, 1.807) is 12.3 Å². The van der Waals surface area contributed by atoms with Crippen LogP contribution in [-0.2, 0) is 38.6 Å². The van der Waals surface area contributed by atoms with Gasteiger partial charge in [-0.1, -0.05) is 25.1 Å². The Bertz CT molecular complexity index is 2100. The molecule has 62 heavy (non-hydrogen) atoms. The van der Waals surface area contributed by atoms with Crippen molar-refractivity contribution >= 4 is 52.0 Å². The molecule has 2 aromatic carbocycles. The number of carboxylic acid groups (broad SMARTS) is 3. The second kappa shape index (κ2) is 23.8. The fourth-order valence-electron chi connectivity index (χ4n) is 4.68. The van der Waals surface area contributed by atoms with E-state index in [-0.39, 0.29) is 11.5 Å². The van der Waals surface area contributed by atoms with Crippen molar-refractivity contribution in [3.05, 3.63) is 83.3 Å². The molecule has 2 amide bonds. The molecule has 0 saturated heterocycles. The summed E-state index contributed by atoms with van der Waals surface area (Å²) in [5, 5.41) is 28.4. The molecule has 0 aliphatic carbocycles. The third-order valence-electron chi connectivity index (χ3n) is 7.36. The van der Waals surface area contributed by atoms with Gasteiger partial charge in [-0.05, 0) is 55.7 Å². The van der Waals surface area contributed by atoms with Crippen LogP contribution in [0.1, 0.15) is 48.0 Å². The topological polar surface area (TPSA) is 266 Å². The molecule has 9 N–H and O–H groups in total. The molecular weight excluding hydrogens is 859 g/mol. The zero-order valence-electron chi connectivity index (χ0n) is 32.5. The van der Waals surface area contributed by atoms with Crippen molar-refractivity contribution in [2.45, 2.75) is 64.7 Å². The number of anilines is 2. The number of halogens is 9. The molecule has 4 rings (SSSR count). The zero-order chi connectivity index (χ0) is 47.6. The van der Waals surface area contributed by atoms with E-state index in [0.717, 1.165) is 22.5 Å². The van der Waals surface area contributed by atoms with Gasteiger partial charge < -0.3 is 46.9 Å². The molecule has 0 fully saturated rings. The second-order valence-corrected chi connectivity index (χ2v) is 11.8. The Hall–Kier alpha value is -6.92. The summed E-state index contributed by atoms with van der Waals surface area (Å²) in [5.74, 6) is -8.03. The summed E-state index contributed by atoms with van der Waals surface area (Å²) in [6, 6.07) is 14.2. The number of pyridine rings is 2. The first-order chi connectivity index (χ1) is 28.7. The number of nitrogens with two attached hydrogens (primary N) is 2. The maximum absolute atomic E-state index is 12.8. The van der Waals surface area contributed by atoms with Gasteiger partial charge in [-0.3, -0.25) is 19.6 Å². The number of benzene rings is 2. The minimum absolute atomic E-state index is 0.241. The van der Waals surface area contributed by atoms with Crippen LogP contribution in [-0.4, -0.2) is 92.8 Å². The number of aliphatic carboxylic acids is 3. The fraction of sp³-hybridized carbons (Fsp3) is 0.324. The van der Waals surface area contributed by atoms with Gasteiger partial charge in [0, 0.05) is 48.2 Å². The highest BCUT2D eigenvalue weighted by Crippen LogP contribution is 2.38. The van der Waals surface area contributed by atoms with Crippen LogP contribution in [0.5, 0.6) is 11.5 Å². The minimum atomic E-state index is -5.08. The number of nitrogens with zero attached hydrogens (tertiary/aromatic N) is 2. The van der Waals surface area contributed by atoms with E-state index in [1.165, 1.54) is 6.20 Å². The first-order valence-corrected chi connectivity index (χ1v) is 17.4. The number of hydrogen-bond donors (Lipinski definition) is 7. The number of amides is 2. The van der Waals surface area contributed by atoms with Crippen molar-refractivity contribution in [3.8, 4) is 11.5 Å². The maximum Gasteiger partial charge on any atom is 0.490 e. The number of alkyl halides is 9. The van der Waals surface area contributed by atoms with Gasteiger partial charge >= 0.3 is 36.4 Å². The summed E-state index contributed by atoms with van der Waals surface area (Å²) in [5.41, 5.74) is 16.7. The van der Waals surface area contributed by atoms with E-state index in [4.69, 9.17) is 50.6 Å². The predicted octanol–water partition coefficient (Wildman–Crippen LogP) is 5.92. The highest BCUT2D eigenvalue weighted by Gasteiger charge is 2.39. The lowest BCUT2D eigenvalue weighted by Crippen LogP contribution is -2.41. The molecule has 0 aliphatic rings. The molecule has 340 valence electrons. The Balaban J connectivity index is 0.000000751. The summed E-state index contributed by atoms with van der Waals surface area (Å²) in [6.07, 6.45) is -11.1. The van der Waals surface area contributed by atoms with Crippen LogP contribution in [0.25, 0.3) is 10.9 Å². The lowest BCUT2D eigenvalue weighted by molar-refractivity contribution is -0.193. The van der Waals surface area contributed by atoms with E-state index in [0.29, 0.717) is 60.7 Å². The van der Waals surface area contributed by atoms with Gasteiger partial charge in [0.15, 0.2) is 11.5 Å². The molecular formula is C37H39F9N6O10. The molecule has 2 heterocycles. The lowest BCUT2D eigenvalue weighted by atomic mass is 10.0. The number of aromatic nitrogens is 2. The van der Waals surface area contributed by atoms with Crippen LogP contribution in [0.2, 0.25) is 0 Å². The van der Waals surface area contributed by atoms with Crippen molar-refractivity contribution in [1.29, 1.82) is 0 Å². The number of carbonyl (C=O) groups excluding carboxylic acids is 2. The fourth-order valence-corrected chi connectivity index (χ4v) is 4.68. The number of rotatable bonds is 13. The smallest absolute Gasteiger partial charge is 0.490 e. The highest BCUT2D eigenvalue weighted by molar-refractivity contribution is 6.08. The van der Waals surface area contributed by atoms with Crippen molar-refractivity contribution in [3.63, 3.8) is 0 Å². The number of fused-ring (bicyclic) bond motifs is 1. The van der Waals surface area contributed by atoms with Crippen LogP contribution < -0.4 is 31.6 Å². The Morgan fingerprint density at radius 1 is 0.758 bits per heavy atom. The van der Waals surface area contributed by atoms with Crippen molar-refractivity contribution in [1.82, 2.24) is 15.3 Å². The first kappa shape index (κ1) is 53.1. The molecule has 1 atom stereocenters. The normalized spacial score (nSPS) is 11.5. The van der Waals surface area contributed by atoms with Gasteiger partial charge in [-0.15, -0.1) is 0 Å². The molecule has 0 bridgehead atoms. The van der Waals surface area contributed by atoms with Crippen LogP contribution in [0.15, 0.2) is 60.9 Å².